The summed E-state index contributed by atoms with van der Waals surface area (Å²) in [5.74, 6) is -0.739. The number of carbonyl (C=O) groups excluding carboxylic acids is 1. The summed E-state index contributed by atoms with van der Waals surface area (Å²) in [6.45, 7) is 0. The van der Waals surface area contributed by atoms with Crippen molar-refractivity contribution < 1.29 is 13.4 Å². The first-order chi connectivity index (χ1) is 9.15. The molecule has 0 fully saturated rings. The molecular formula is C14H11NO3S. The van der Waals surface area contributed by atoms with Crippen molar-refractivity contribution >= 4 is 38.6 Å². The van der Waals surface area contributed by atoms with E-state index in [1.807, 2.05) is 24.3 Å². The Hall–Kier alpha value is -2.14. The van der Waals surface area contributed by atoms with Crippen molar-refractivity contribution in [1.29, 1.82) is 0 Å². The number of para-hydroxylation sites is 1. The fourth-order valence-electron chi connectivity index (χ4n) is 2.06. The van der Waals surface area contributed by atoms with E-state index < -0.39 is 16.7 Å². The molecule has 1 amide bonds. The molecule has 1 unspecified atom stereocenters. The van der Waals surface area contributed by atoms with Crippen LogP contribution in [0.5, 0.6) is 0 Å². The predicted octanol–water partition coefficient (Wildman–Crippen LogP) is 2.18. The first-order valence-corrected chi connectivity index (χ1v) is 7.05. The zero-order valence-corrected chi connectivity index (χ0v) is 10.8. The number of benzene rings is 2. The lowest BCUT2D eigenvalue weighted by atomic mass is 10.1. The molecule has 0 aliphatic carbocycles. The molecule has 2 N–H and O–H groups in total. The topological polar surface area (TPSA) is 73.3 Å². The number of carbonyl (C=O) groups is 1. The van der Waals surface area contributed by atoms with Gasteiger partial charge in [-0.15, -0.1) is 0 Å². The van der Waals surface area contributed by atoms with E-state index in [1.165, 1.54) is 0 Å². The van der Waals surface area contributed by atoms with E-state index >= 15 is 0 Å². The minimum Gasteiger partial charge on any atom is -0.456 e. The maximum Gasteiger partial charge on any atom is 0.230 e. The summed E-state index contributed by atoms with van der Waals surface area (Å²) >= 11 is 0. The Kier molecular flexibility index (Phi) is 2.83. The van der Waals surface area contributed by atoms with Gasteiger partial charge in [-0.25, -0.2) is 0 Å². The smallest absolute Gasteiger partial charge is 0.230 e. The monoisotopic (exact) mass is 273 g/mol. The molecule has 1 aromatic heterocycles. The van der Waals surface area contributed by atoms with Crippen LogP contribution in [0.1, 0.15) is 0 Å². The molecule has 5 heteroatoms. The Morgan fingerprint density at radius 1 is 1.11 bits per heavy atom. The molecule has 4 nitrogen and oxygen atoms in total. The first-order valence-electron chi connectivity index (χ1n) is 5.73. The Morgan fingerprint density at radius 2 is 1.84 bits per heavy atom. The minimum atomic E-state index is -1.41. The van der Waals surface area contributed by atoms with Crippen LogP contribution >= 0.6 is 0 Å². The van der Waals surface area contributed by atoms with Crippen LogP contribution in [0.4, 0.5) is 0 Å². The van der Waals surface area contributed by atoms with Gasteiger partial charge in [-0.05, 0) is 24.3 Å². The summed E-state index contributed by atoms with van der Waals surface area (Å²) in [6.07, 6.45) is 0. The molecule has 96 valence electrons. The van der Waals surface area contributed by atoms with Gasteiger partial charge in [-0.2, -0.15) is 0 Å². The van der Waals surface area contributed by atoms with E-state index in [-0.39, 0.29) is 5.75 Å². The number of fused-ring (bicyclic) bond motifs is 3. The van der Waals surface area contributed by atoms with Crippen molar-refractivity contribution in [3.05, 3.63) is 42.5 Å². The third kappa shape index (κ3) is 2.13. The van der Waals surface area contributed by atoms with Gasteiger partial charge < -0.3 is 10.2 Å². The van der Waals surface area contributed by atoms with Gasteiger partial charge >= 0.3 is 0 Å². The van der Waals surface area contributed by atoms with Crippen molar-refractivity contribution in [1.82, 2.24) is 0 Å². The number of rotatable bonds is 3. The van der Waals surface area contributed by atoms with Gasteiger partial charge in [-0.1, -0.05) is 18.2 Å². The summed E-state index contributed by atoms with van der Waals surface area (Å²) in [4.78, 5) is 11.4. The van der Waals surface area contributed by atoms with Crippen LogP contribution in [0, 0.1) is 0 Å². The highest BCUT2D eigenvalue weighted by Gasteiger charge is 2.11. The lowest BCUT2D eigenvalue weighted by Crippen LogP contribution is -2.19. The molecule has 0 spiro atoms. The number of primary amides is 1. The Bertz CT molecular complexity index is 807. The molecule has 0 bridgehead atoms. The third-order valence-electron chi connectivity index (χ3n) is 2.88. The summed E-state index contributed by atoms with van der Waals surface area (Å²) in [5.41, 5.74) is 6.59. The van der Waals surface area contributed by atoms with E-state index in [9.17, 15) is 9.00 Å². The second-order valence-electron chi connectivity index (χ2n) is 4.21. The zero-order chi connectivity index (χ0) is 13.4. The van der Waals surface area contributed by atoms with Gasteiger partial charge in [0, 0.05) is 15.7 Å². The average Bonchev–Trinajstić information content (AvgIpc) is 2.75. The average molecular weight is 273 g/mol. The normalized spacial score (nSPS) is 12.8. The van der Waals surface area contributed by atoms with Crippen molar-refractivity contribution in [2.75, 3.05) is 5.75 Å². The van der Waals surface area contributed by atoms with Gasteiger partial charge in [0.1, 0.15) is 16.9 Å². The molecule has 0 saturated heterocycles. The Balaban J connectivity index is 2.16. The second kappa shape index (κ2) is 4.51. The lowest BCUT2D eigenvalue weighted by molar-refractivity contribution is -0.115. The van der Waals surface area contributed by atoms with E-state index in [2.05, 4.69) is 0 Å². The van der Waals surface area contributed by atoms with Crippen LogP contribution in [0.2, 0.25) is 0 Å². The fraction of sp³-hybridized carbons (Fsp3) is 0.0714. The molecule has 1 heterocycles. The van der Waals surface area contributed by atoms with E-state index in [4.69, 9.17) is 10.2 Å². The lowest BCUT2D eigenvalue weighted by Gasteiger charge is -1.99. The maximum atomic E-state index is 11.9. The number of hydrogen-bond donors (Lipinski definition) is 1. The highest BCUT2D eigenvalue weighted by molar-refractivity contribution is 7.85. The number of furan rings is 1. The largest absolute Gasteiger partial charge is 0.456 e. The highest BCUT2D eigenvalue weighted by atomic mass is 32.2. The molecule has 1 atom stereocenters. The fourth-order valence-corrected chi connectivity index (χ4v) is 2.95. The molecule has 0 aliphatic heterocycles. The van der Waals surface area contributed by atoms with Crippen molar-refractivity contribution in [2.45, 2.75) is 4.90 Å². The summed E-state index contributed by atoms with van der Waals surface area (Å²) in [5, 5.41) is 1.86. The van der Waals surface area contributed by atoms with Crippen molar-refractivity contribution in [3.8, 4) is 0 Å². The van der Waals surface area contributed by atoms with Crippen LogP contribution in [-0.2, 0) is 15.6 Å². The van der Waals surface area contributed by atoms with Crippen LogP contribution < -0.4 is 5.73 Å². The molecule has 0 radical (unpaired) electrons. The Morgan fingerprint density at radius 3 is 2.63 bits per heavy atom. The van der Waals surface area contributed by atoms with Crippen molar-refractivity contribution in [2.24, 2.45) is 5.73 Å². The zero-order valence-electron chi connectivity index (χ0n) is 9.96. The molecule has 3 rings (SSSR count). The van der Waals surface area contributed by atoms with Gasteiger partial charge in [0.15, 0.2) is 0 Å². The summed E-state index contributed by atoms with van der Waals surface area (Å²) < 4.78 is 17.6. The number of amides is 1. The maximum absolute atomic E-state index is 11.9. The molecule has 0 saturated carbocycles. The van der Waals surface area contributed by atoms with Crippen LogP contribution in [0.3, 0.4) is 0 Å². The van der Waals surface area contributed by atoms with Gasteiger partial charge in [0.05, 0.1) is 10.8 Å². The predicted molar refractivity (Wildman–Crippen MR) is 74.2 cm³/mol. The van der Waals surface area contributed by atoms with Crippen LogP contribution in [0.15, 0.2) is 51.8 Å². The molecule has 19 heavy (non-hydrogen) atoms. The molecule has 2 aromatic carbocycles. The Labute approximate surface area is 111 Å². The van der Waals surface area contributed by atoms with E-state index in [0.29, 0.717) is 4.90 Å². The summed E-state index contributed by atoms with van der Waals surface area (Å²) in [6, 6.07) is 12.9. The van der Waals surface area contributed by atoms with Gasteiger partial charge in [0.25, 0.3) is 0 Å². The van der Waals surface area contributed by atoms with E-state index in [0.717, 1.165) is 21.9 Å². The summed E-state index contributed by atoms with van der Waals surface area (Å²) in [7, 11) is -1.41. The van der Waals surface area contributed by atoms with Crippen molar-refractivity contribution in [3.63, 3.8) is 0 Å². The molecule has 0 aliphatic rings. The third-order valence-corrected chi connectivity index (χ3v) is 4.21. The SMILES string of the molecule is NC(=O)CS(=O)c1ccc2oc3ccccc3c2c1. The molecular weight excluding hydrogens is 262 g/mol. The van der Waals surface area contributed by atoms with Gasteiger partial charge in [-0.3, -0.25) is 9.00 Å². The van der Waals surface area contributed by atoms with Crippen LogP contribution in [-0.4, -0.2) is 15.9 Å². The van der Waals surface area contributed by atoms with E-state index in [1.54, 1.807) is 18.2 Å². The second-order valence-corrected chi connectivity index (χ2v) is 5.66. The van der Waals surface area contributed by atoms with Gasteiger partial charge in [0.2, 0.25) is 5.91 Å². The number of hydrogen-bond acceptors (Lipinski definition) is 3. The minimum absolute atomic E-state index is 0.165. The molecule has 3 aromatic rings. The number of nitrogens with two attached hydrogens (primary N) is 1. The standard InChI is InChI=1S/C14H11NO3S/c15-14(16)8-19(17)9-5-6-13-11(7-9)10-3-1-2-4-12(10)18-13/h1-7H,8H2,(H2,15,16). The highest BCUT2D eigenvalue weighted by Crippen LogP contribution is 2.29. The first kappa shape index (κ1) is 11.9. The quantitative estimate of drug-likeness (QED) is 0.794. The van der Waals surface area contributed by atoms with Crippen LogP contribution in [0.25, 0.3) is 21.9 Å².